The summed E-state index contributed by atoms with van der Waals surface area (Å²) in [6.45, 7) is 6.39. The van der Waals surface area contributed by atoms with Crippen molar-refractivity contribution in [2.45, 2.75) is 70.4 Å². The van der Waals surface area contributed by atoms with Gasteiger partial charge in [0.25, 0.3) is 5.17 Å². The number of rotatable bonds is 2. The van der Waals surface area contributed by atoms with Crippen molar-refractivity contribution < 1.29 is 24.0 Å². The van der Waals surface area contributed by atoms with Crippen molar-refractivity contribution >= 4 is 23.1 Å². The molecular formula is C22H29NO5S. The molecule has 6 nitrogen and oxygen atoms in total. The number of thiocarbonyl (C=S) groups is 1. The zero-order valence-corrected chi connectivity index (χ0v) is 17.9. The van der Waals surface area contributed by atoms with Gasteiger partial charge in [-0.1, -0.05) is 32.0 Å². The summed E-state index contributed by atoms with van der Waals surface area (Å²) in [6, 6.07) is 9.75. The fraction of sp³-hybridized carbons (Fsp3) is 0.682. The number of fused-ring (bicyclic) bond motifs is 2. The van der Waals surface area contributed by atoms with E-state index in [1.807, 2.05) is 37.3 Å². The van der Waals surface area contributed by atoms with E-state index in [0.717, 1.165) is 31.4 Å². The Hall–Kier alpha value is -1.25. The van der Waals surface area contributed by atoms with Crippen LogP contribution in [0.1, 0.15) is 46.5 Å². The molecular weight excluding hydrogens is 390 g/mol. The Morgan fingerprint density at radius 1 is 1.10 bits per heavy atom. The minimum absolute atomic E-state index is 0.0893. The summed E-state index contributed by atoms with van der Waals surface area (Å²) in [5, 5.41) is 3.43. The monoisotopic (exact) mass is 419 g/mol. The largest absolute Gasteiger partial charge is 0.440 e. The number of anilines is 1. The summed E-state index contributed by atoms with van der Waals surface area (Å²) in [6.07, 6.45) is 2.97. The van der Waals surface area contributed by atoms with Gasteiger partial charge in [0.15, 0.2) is 11.9 Å². The zero-order valence-electron chi connectivity index (χ0n) is 17.1. The first kappa shape index (κ1) is 19.7. The molecule has 1 aromatic carbocycles. The highest BCUT2D eigenvalue weighted by Gasteiger charge is 2.69. The number of ether oxygens (including phenoxy) is 3. The Kier molecular flexibility index (Phi) is 4.87. The van der Waals surface area contributed by atoms with Gasteiger partial charge in [-0.25, -0.2) is 9.78 Å². The Morgan fingerprint density at radius 3 is 2.69 bits per heavy atom. The Morgan fingerprint density at radius 2 is 1.90 bits per heavy atom. The lowest BCUT2D eigenvalue weighted by Gasteiger charge is -2.60. The molecule has 0 radical (unpaired) electrons. The second-order valence-electron chi connectivity index (χ2n) is 9.17. The number of para-hydroxylation sites is 1. The Bertz CT molecular complexity index is 778. The quantitative estimate of drug-likeness (QED) is 0.555. The summed E-state index contributed by atoms with van der Waals surface area (Å²) >= 11 is 5.45. The molecule has 6 rings (SSSR count). The summed E-state index contributed by atoms with van der Waals surface area (Å²) in [5.41, 5.74) is 0.305. The third-order valence-corrected chi connectivity index (χ3v) is 7.54. The molecule has 0 aromatic heterocycles. The molecule has 29 heavy (non-hydrogen) atoms. The first-order valence-corrected chi connectivity index (χ1v) is 11.0. The van der Waals surface area contributed by atoms with Gasteiger partial charge in [0.1, 0.15) is 0 Å². The van der Waals surface area contributed by atoms with Crippen molar-refractivity contribution in [2.24, 2.45) is 23.7 Å². The molecule has 4 aliphatic heterocycles. The van der Waals surface area contributed by atoms with Crippen molar-refractivity contribution in [1.82, 2.24) is 0 Å². The molecule has 8 unspecified atom stereocenters. The van der Waals surface area contributed by atoms with E-state index in [-0.39, 0.29) is 11.8 Å². The molecule has 5 aliphatic rings. The van der Waals surface area contributed by atoms with Gasteiger partial charge >= 0.3 is 0 Å². The number of benzene rings is 1. The normalized spacial score (nSPS) is 45.8. The maximum absolute atomic E-state index is 6.39. The van der Waals surface area contributed by atoms with Crippen LogP contribution < -0.4 is 5.32 Å². The zero-order chi connectivity index (χ0) is 20.2. The molecule has 4 saturated heterocycles. The van der Waals surface area contributed by atoms with Gasteiger partial charge in [-0.15, -0.1) is 0 Å². The van der Waals surface area contributed by atoms with Crippen LogP contribution in [-0.2, 0) is 24.0 Å². The first-order chi connectivity index (χ1) is 13.9. The molecule has 158 valence electrons. The van der Waals surface area contributed by atoms with E-state index >= 15 is 0 Å². The average Bonchev–Trinajstić information content (AvgIpc) is 2.93. The van der Waals surface area contributed by atoms with Crippen molar-refractivity contribution in [1.29, 1.82) is 0 Å². The van der Waals surface area contributed by atoms with Crippen LogP contribution in [0.25, 0.3) is 0 Å². The fourth-order valence-electron chi connectivity index (χ4n) is 5.78. The molecule has 1 aromatic rings. The molecule has 4 heterocycles. The second-order valence-corrected chi connectivity index (χ2v) is 9.54. The van der Waals surface area contributed by atoms with Gasteiger partial charge in [0, 0.05) is 23.9 Å². The van der Waals surface area contributed by atoms with Gasteiger partial charge < -0.3 is 19.5 Å². The molecule has 2 bridgehead atoms. The number of nitrogens with one attached hydrogen (secondary N) is 1. The van der Waals surface area contributed by atoms with Crippen LogP contribution in [0.2, 0.25) is 0 Å². The van der Waals surface area contributed by atoms with Crippen molar-refractivity contribution in [3.63, 3.8) is 0 Å². The Labute approximate surface area is 177 Å². The predicted octanol–water partition coefficient (Wildman–Crippen LogP) is 4.61. The number of hydrogen-bond donors (Lipinski definition) is 1. The molecule has 1 aliphatic carbocycles. The molecule has 5 fully saturated rings. The lowest BCUT2D eigenvalue weighted by molar-refractivity contribution is -0.576. The highest BCUT2D eigenvalue weighted by Crippen LogP contribution is 2.60. The van der Waals surface area contributed by atoms with E-state index in [1.54, 1.807) is 0 Å². The summed E-state index contributed by atoms with van der Waals surface area (Å²) in [7, 11) is 0. The van der Waals surface area contributed by atoms with Gasteiger partial charge in [-0.3, -0.25) is 0 Å². The van der Waals surface area contributed by atoms with Crippen LogP contribution in [0.3, 0.4) is 0 Å². The Balaban J connectivity index is 1.39. The lowest BCUT2D eigenvalue weighted by atomic mass is 9.58. The summed E-state index contributed by atoms with van der Waals surface area (Å²) < 4.78 is 18.8. The molecule has 1 saturated carbocycles. The molecule has 8 atom stereocenters. The van der Waals surface area contributed by atoms with Gasteiger partial charge in [0.05, 0.1) is 0 Å². The highest BCUT2D eigenvalue weighted by molar-refractivity contribution is 7.80. The average molecular weight is 420 g/mol. The number of hydrogen-bond acceptors (Lipinski definition) is 6. The fourth-order valence-corrected chi connectivity index (χ4v) is 5.99. The minimum atomic E-state index is -0.786. The van der Waals surface area contributed by atoms with E-state index in [0.29, 0.717) is 17.0 Å². The summed E-state index contributed by atoms with van der Waals surface area (Å²) in [4.78, 5) is 12.0. The SMILES string of the molecule is CC1CCC2C(C)C(OC(=S)Nc3ccccc3)OC3OC4(C)CCC1C32OO4. The molecule has 7 heteroatoms. The van der Waals surface area contributed by atoms with Crippen LogP contribution in [0.15, 0.2) is 30.3 Å². The van der Waals surface area contributed by atoms with E-state index in [4.69, 9.17) is 36.2 Å². The van der Waals surface area contributed by atoms with Crippen LogP contribution in [-0.4, -0.2) is 29.1 Å². The van der Waals surface area contributed by atoms with Crippen LogP contribution in [0.4, 0.5) is 5.69 Å². The third kappa shape index (κ3) is 3.18. The maximum Gasteiger partial charge on any atom is 0.263 e. The van der Waals surface area contributed by atoms with Crippen LogP contribution in [0.5, 0.6) is 0 Å². The van der Waals surface area contributed by atoms with Gasteiger partial charge in [-0.05, 0) is 62.4 Å². The molecule has 1 spiro atoms. The minimum Gasteiger partial charge on any atom is -0.440 e. The van der Waals surface area contributed by atoms with Gasteiger partial charge in [-0.2, -0.15) is 0 Å². The topological polar surface area (TPSA) is 58.2 Å². The molecule has 0 amide bonds. The van der Waals surface area contributed by atoms with Crippen LogP contribution >= 0.6 is 12.2 Å². The molecule has 1 N–H and O–H groups in total. The van der Waals surface area contributed by atoms with E-state index in [1.165, 1.54) is 0 Å². The second kappa shape index (κ2) is 7.17. The standard InChI is InChI=1S/C22H29NO5S/c1-13-9-10-17-14(2)18(25-20(29)23-15-7-5-4-6-8-15)24-19-22(17)16(13)11-12-21(3,26-19)27-28-22/h4-8,13-14,16-19H,9-12H2,1-3H3,(H,23,29). The third-order valence-electron chi connectivity index (χ3n) is 7.34. The van der Waals surface area contributed by atoms with Crippen molar-refractivity contribution in [3.8, 4) is 0 Å². The first-order valence-electron chi connectivity index (χ1n) is 10.6. The van der Waals surface area contributed by atoms with Crippen molar-refractivity contribution in [3.05, 3.63) is 30.3 Å². The van der Waals surface area contributed by atoms with Crippen molar-refractivity contribution in [2.75, 3.05) is 5.32 Å². The van der Waals surface area contributed by atoms with E-state index in [2.05, 4.69) is 19.2 Å². The van der Waals surface area contributed by atoms with E-state index in [9.17, 15) is 0 Å². The maximum atomic E-state index is 6.39. The summed E-state index contributed by atoms with van der Waals surface area (Å²) in [5.74, 6) is 0.399. The predicted molar refractivity (Wildman–Crippen MR) is 111 cm³/mol. The smallest absolute Gasteiger partial charge is 0.263 e. The van der Waals surface area contributed by atoms with E-state index < -0.39 is 24.0 Å². The lowest BCUT2D eigenvalue weighted by Crippen LogP contribution is -2.70. The van der Waals surface area contributed by atoms with Crippen LogP contribution in [0, 0.1) is 23.7 Å². The van der Waals surface area contributed by atoms with Gasteiger partial charge in [0.2, 0.25) is 12.1 Å². The highest BCUT2D eigenvalue weighted by atomic mass is 32.1.